The Morgan fingerprint density at radius 3 is 1.78 bits per heavy atom. The van der Waals surface area contributed by atoms with Crippen molar-refractivity contribution in [2.45, 2.75) is 92.9 Å². The van der Waals surface area contributed by atoms with Crippen molar-refractivity contribution in [3.05, 3.63) is 130 Å². The molecule has 0 radical (unpaired) electrons. The first kappa shape index (κ1) is 38.4. The Balaban J connectivity index is 0.000000320. The number of hydrogen-bond donors (Lipinski definition) is 0. The van der Waals surface area contributed by atoms with E-state index in [2.05, 4.69) is 146 Å². The molecule has 3 aromatic carbocycles. The van der Waals surface area contributed by atoms with Gasteiger partial charge in [0.05, 0.1) is 0 Å². The molecule has 0 N–H and O–H groups in total. The molecule has 3 aromatic rings. The fraction of sp³-hybridized carbons (Fsp3) is 0.372. The topological polar surface area (TPSA) is 0 Å². The molecule has 0 saturated heterocycles. The van der Waals surface area contributed by atoms with E-state index in [0.717, 1.165) is 12.8 Å². The Morgan fingerprint density at radius 1 is 0.739 bits per heavy atom. The predicted octanol–water partition coefficient (Wildman–Crippen LogP) is 5.20. The van der Waals surface area contributed by atoms with Gasteiger partial charge in [0.2, 0.25) is 0 Å². The van der Waals surface area contributed by atoms with Crippen LogP contribution in [-0.2, 0) is 41.5 Å². The number of allylic oxidation sites excluding steroid dienone is 8. The van der Waals surface area contributed by atoms with Gasteiger partial charge in [-0.1, -0.05) is 92.9 Å². The van der Waals surface area contributed by atoms with E-state index in [1.165, 1.54) is 85.5 Å². The van der Waals surface area contributed by atoms with Crippen LogP contribution in [0.5, 0.6) is 0 Å². The summed E-state index contributed by atoms with van der Waals surface area (Å²) in [7, 11) is 0. The molecule has 0 nitrogen and oxygen atoms in total. The second-order valence-electron chi connectivity index (χ2n) is 15.7. The van der Waals surface area contributed by atoms with Crippen LogP contribution in [0, 0.1) is 23.0 Å². The fourth-order valence-electron chi connectivity index (χ4n) is 6.83. The van der Waals surface area contributed by atoms with E-state index >= 15 is 0 Å². The average Bonchev–Trinajstić information content (AvgIpc) is 3.73. The zero-order valence-electron chi connectivity index (χ0n) is 29.3. The summed E-state index contributed by atoms with van der Waals surface area (Å²) in [5.74, 6) is 0. The van der Waals surface area contributed by atoms with Crippen LogP contribution in [0.2, 0.25) is 0 Å². The van der Waals surface area contributed by atoms with E-state index in [-0.39, 0.29) is 46.5 Å². The number of hydrogen-bond acceptors (Lipinski definition) is 0. The third kappa shape index (κ3) is 7.80. The van der Waals surface area contributed by atoms with E-state index in [0.29, 0.717) is 0 Å². The van der Waals surface area contributed by atoms with Crippen LogP contribution in [0.1, 0.15) is 115 Å². The predicted molar refractivity (Wildman–Crippen MR) is 187 cm³/mol. The first-order valence-corrected chi connectivity index (χ1v) is 17.5. The summed E-state index contributed by atoms with van der Waals surface area (Å²) in [5, 5.41) is 0. The summed E-state index contributed by atoms with van der Waals surface area (Å²) < 4.78 is 2.17. The molecule has 0 fully saturated rings. The average molecular weight is 727 g/mol. The van der Waals surface area contributed by atoms with E-state index in [9.17, 15) is 0 Å². The van der Waals surface area contributed by atoms with Gasteiger partial charge in [0.15, 0.2) is 0 Å². The van der Waals surface area contributed by atoms with Crippen molar-refractivity contribution in [1.29, 1.82) is 0 Å². The summed E-state index contributed by atoms with van der Waals surface area (Å²) in [4.78, 5) is 0. The normalized spacial score (nSPS) is 17.0. The van der Waals surface area contributed by atoms with Crippen molar-refractivity contribution in [3.8, 4) is 11.1 Å². The van der Waals surface area contributed by atoms with Crippen LogP contribution in [0.4, 0.5) is 0 Å². The van der Waals surface area contributed by atoms with E-state index in [1.54, 1.807) is 0 Å². The van der Waals surface area contributed by atoms with Crippen LogP contribution in [0.15, 0.2) is 78.9 Å². The van der Waals surface area contributed by atoms with Gasteiger partial charge in [-0.05, 0) is 62.3 Å². The van der Waals surface area contributed by atoms with Crippen molar-refractivity contribution in [1.82, 2.24) is 0 Å². The Bertz CT molecular complexity index is 1610. The summed E-state index contributed by atoms with van der Waals surface area (Å²) in [6, 6.07) is 20.4. The molecule has 0 bridgehead atoms. The molecule has 0 spiro atoms. The summed E-state index contributed by atoms with van der Waals surface area (Å²) in [6.45, 7) is 23.3. The van der Waals surface area contributed by atoms with Crippen LogP contribution in [0.3, 0.4) is 0 Å². The quantitative estimate of drug-likeness (QED) is 0.237. The van der Waals surface area contributed by atoms with E-state index < -0.39 is 0 Å². The molecule has 46 heavy (non-hydrogen) atoms. The molecular formula is C43H48Cl2Zr-2. The van der Waals surface area contributed by atoms with Gasteiger partial charge in [-0.2, -0.15) is 11.6 Å². The SMILES string of the molecule is CC(C)(C)C1=[C-]C(C)(C)c2cc3c(cc21)-c1cc2c(cc1C3)C(C)(C)C=C2C(C)(C)C.[C-]1=CC=CC1.[Cl-].[Cl-].[Zr+2]=[CH]c1ccccc1. The summed E-state index contributed by atoms with van der Waals surface area (Å²) in [5.41, 5.74) is 16.2. The molecule has 0 aliphatic heterocycles. The standard InChI is InChI=1S/C31H37.C7H6.C5H5.2ClH.Zr/c1-28(2,3)26-16-30(7,8)24-12-18-11-19-13-25-23(15-21(19)20(18)14-22(24)26)27(29(4,5)6)17-31(25,9)10;1-7-5-3-2-4-6-7;1-2-4-5-3-1;;;/h12-16H,11H2,1-10H3;1-6H;1-3H,4H2;2*1H;/q-1;;-1;;;+2/p-2. The van der Waals surface area contributed by atoms with Crippen molar-refractivity contribution >= 4 is 14.9 Å². The van der Waals surface area contributed by atoms with Crippen molar-refractivity contribution in [2.24, 2.45) is 10.8 Å². The Labute approximate surface area is 306 Å². The first-order chi connectivity index (χ1) is 20.5. The number of halogens is 2. The maximum atomic E-state index is 3.85. The van der Waals surface area contributed by atoms with Gasteiger partial charge in [-0.25, -0.2) is 17.7 Å². The third-order valence-corrected chi connectivity index (χ3v) is 9.96. The molecule has 0 heterocycles. The van der Waals surface area contributed by atoms with Gasteiger partial charge >= 0.3 is 63.8 Å². The number of fused-ring (bicyclic) bond motifs is 5. The molecule has 0 unspecified atom stereocenters. The molecule has 3 heteroatoms. The van der Waals surface area contributed by atoms with Crippen molar-refractivity contribution in [2.75, 3.05) is 0 Å². The molecule has 4 aliphatic carbocycles. The zero-order chi connectivity index (χ0) is 32.1. The van der Waals surface area contributed by atoms with Gasteiger partial charge in [0, 0.05) is 5.41 Å². The molecule has 4 aliphatic rings. The molecule has 7 rings (SSSR count). The molecule has 240 valence electrons. The fourth-order valence-corrected chi connectivity index (χ4v) is 7.31. The molecule has 0 atom stereocenters. The summed E-state index contributed by atoms with van der Waals surface area (Å²) in [6.07, 6.45) is 17.4. The zero-order valence-corrected chi connectivity index (χ0v) is 33.2. The van der Waals surface area contributed by atoms with E-state index in [1.807, 2.05) is 18.2 Å². The summed E-state index contributed by atoms with van der Waals surface area (Å²) >= 11 is 1.46. The first-order valence-electron chi connectivity index (χ1n) is 16.0. The van der Waals surface area contributed by atoms with Crippen LogP contribution in [0.25, 0.3) is 22.3 Å². The van der Waals surface area contributed by atoms with Crippen LogP contribution >= 0.6 is 0 Å². The van der Waals surface area contributed by atoms with Gasteiger partial charge < -0.3 is 24.8 Å². The van der Waals surface area contributed by atoms with Gasteiger partial charge in [0.1, 0.15) is 0 Å². The molecular weight excluding hydrogens is 679 g/mol. The van der Waals surface area contributed by atoms with Gasteiger partial charge in [0.25, 0.3) is 0 Å². The number of benzene rings is 3. The molecule has 0 saturated carbocycles. The van der Waals surface area contributed by atoms with E-state index in [4.69, 9.17) is 0 Å². The molecule has 0 amide bonds. The Hall–Kier alpha value is -2.05. The Kier molecular flexibility index (Phi) is 11.9. The van der Waals surface area contributed by atoms with Crippen LogP contribution in [-0.4, -0.2) is 3.71 Å². The second kappa shape index (κ2) is 14.2. The number of rotatable bonds is 1. The maximum absolute atomic E-state index is 3.85. The van der Waals surface area contributed by atoms with Gasteiger partial charge in [-0.15, -0.1) is 18.1 Å². The minimum atomic E-state index is -0.0202. The van der Waals surface area contributed by atoms with Crippen molar-refractivity contribution < 1.29 is 49.0 Å². The van der Waals surface area contributed by atoms with Gasteiger partial charge in [-0.3, -0.25) is 12.2 Å². The molecule has 0 aromatic heterocycles. The second-order valence-corrected chi connectivity index (χ2v) is 16.5. The Morgan fingerprint density at radius 2 is 1.33 bits per heavy atom. The third-order valence-electron chi connectivity index (χ3n) is 9.14. The monoisotopic (exact) mass is 724 g/mol. The minimum absolute atomic E-state index is 0. The van der Waals surface area contributed by atoms with Crippen molar-refractivity contribution in [3.63, 3.8) is 0 Å². The van der Waals surface area contributed by atoms with Crippen LogP contribution < -0.4 is 24.8 Å².